The normalized spacial score (nSPS) is 21.5. The van der Waals surface area contributed by atoms with Crippen molar-refractivity contribution in [3.05, 3.63) is 29.2 Å². The lowest BCUT2D eigenvalue weighted by Gasteiger charge is -2.44. The first kappa shape index (κ1) is 13.5. The van der Waals surface area contributed by atoms with Crippen LogP contribution in [-0.2, 0) is 19.1 Å². The highest BCUT2D eigenvalue weighted by molar-refractivity contribution is 8.00. The first-order valence-corrected chi connectivity index (χ1v) is 6.46. The Morgan fingerprint density at radius 1 is 1.63 bits per heavy atom. The summed E-state index contributed by atoms with van der Waals surface area (Å²) in [6.45, 7) is 4.54. The number of hydrogen-bond acceptors (Lipinski definition) is 5. The minimum atomic E-state index is -1.20. The first-order chi connectivity index (χ1) is 8.97. The second kappa shape index (κ2) is 4.95. The molecule has 7 heteroatoms. The zero-order valence-corrected chi connectivity index (χ0v) is 11.0. The molecule has 1 atom stereocenters. The Bertz CT molecular complexity index is 558. The van der Waals surface area contributed by atoms with E-state index in [9.17, 15) is 19.5 Å². The molecule has 2 aliphatic rings. The fourth-order valence-corrected chi connectivity index (χ4v) is 3.20. The SMILES string of the molecule is C=C=C1C(=O)N2C(C(=O)O)=C(COC(C)=O)CS[C@H]12. The van der Waals surface area contributed by atoms with Crippen molar-refractivity contribution < 1.29 is 24.2 Å². The highest BCUT2D eigenvalue weighted by atomic mass is 32.2. The van der Waals surface area contributed by atoms with Crippen molar-refractivity contribution in [2.45, 2.75) is 12.3 Å². The topological polar surface area (TPSA) is 83.9 Å². The van der Waals surface area contributed by atoms with Crippen molar-refractivity contribution in [1.82, 2.24) is 4.90 Å². The molecule has 0 bridgehead atoms. The van der Waals surface area contributed by atoms with Crippen LogP contribution in [0.1, 0.15) is 6.92 Å². The third kappa shape index (κ3) is 2.18. The number of amides is 1. The van der Waals surface area contributed by atoms with Gasteiger partial charge in [-0.15, -0.1) is 17.5 Å². The van der Waals surface area contributed by atoms with Gasteiger partial charge in [0.15, 0.2) is 0 Å². The Balaban J connectivity index is 2.32. The summed E-state index contributed by atoms with van der Waals surface area (Å²) in [6, 6.07) is 0. The smallest absolute Gasteiger partial charge is 0.352 e. The number of carboxylic acid groups (broad SMARTS) is 1. The Kier molecular flexibility index (Phi) is 3.50. The van der Waals surface area contributed by atoms with E-state index in [-0.39, 0.29) is 17.7 Å². The fourth-order valence-electron chi connectivity index (χ4n) is 1.92. The van der Waals surface area contributed by atoms with Gasteiger partial charge in [0, 0.05) is 18.2 Å². The molecule has 1 saturated heterocycles. The molecular weight excluding hydrogens is 270 g/mol. The first-order valence-electron chi connectivity index (χ1n) is 5.41. The van der Waals surface area contributed by atoms with Crippen LogP contribution in [0.15, 0.2) is 29.2 Å². The lowest BCUT2D eigenvalue weighted by Crippen LogP contribution is -2.56. The van der Waals surface area contributed by atoms with Crippen molar-refractivity contribution in [3.8, 4) is 0 Å². The maximum atomic E-state index is 11.8. The van der Waals surface area contributed by atoms with Crippen molar-refractivity contribution >= 4 is 29.6 Å². The number of nitrogens with zero attached hydrogens (tertiary/aromatic N) is 1. The molecule has 1 amide bonds. The second-order valence-electron chi connectivity index (χ2n) is 3.97. The van der Waals surface area contributed by atoms with Crippen molar-refractivity contribution in [1.29, 1.82) is 0 Å². The minimum Gasteiger partial charge on any atom is -0.477 e. The van der Waals surface area contributed by atoms with Crippen molar-refractivity contribution in [2.24, 2.45) is 0 Å². The summed E-state index contributed by atoms with van der Waals surface area (Å²) in [5.74, 6) is -1.73. The number of carboxylic acids is 1. The molecule has 0 aromatic rings. The van der Waals surface area contributed by atoms with E-state index >= 15 is 0 Å². The Labute approximate surface area is 113 Å². The second-order valence-corrected chi connectivity index (χ2v) is 5.04. The lowest BCUT2D eigenvalue weighted by atomic mass is 10.0. The number of ether oxygens (including phenoxy) is 1. The molecule has 2 rings (SSSR count). The van der Waals surface area contributed by atoms with Gasteiger partial charge in [0.1, 0.15) is 17.7 Å². The van der Waals surface area contributed by atoms with Gasteiger partial charge >= 0.3 is 11.9 Å². The van der Waals surface area contributed by atoms with Gasteiger partial charge in [-0.05, 0) is 0 Å². The summed E-state index contributed by atoms with van der Waals surface area (Å²) in [7, 11) is 0. The van der Waals surface area contributed by atoms with Crippen LogP contribution in [0.5, 0.6) is 0 Å². The number of hydrogen-bond donors (Lipinski definition) is 1. The molecule has 1 N–H and O–H groups in total. The predicted molar refractivity (Wildman–Crippen MR) is 67.0 cm³/mol. The highest BCUT2D eigenvalue weighted by Crippen LogP contribution is 2.42. The summed E-state index contributed by atoms with van der Waals surface area (Å²) in [5, 5.41) is 8.88. The number of thioether (sulfide) groups is 1. The van der Waals surface area contributed by atoms with Crippen LogP contribution >= 0.6 is 11.8 Å². The Hall–Kier alpha value is -1.98. The Morgan fingerprint density at radius 2 is 2.32 bits per heavy atom. The van der Waals surface area contributed by atoms with E-state index in [1.807, 2.05) is 0 Å². The molecule has 6 nitrogen and oxygen atoms in total. The number of rotatable bonds is 3. The van der Waals surface area contributed by atoms with Gasteiger partial charge in [0.2, 0.25) is 0 Å². The summed E-state index contributed by atoms with van der Waals surface area (Å²) in [6.07, 6.45) is 0. The average molecular weight is 281 g/mol. The Morgan fingerprint density at radius 3 is 2.84 bits per heavy atom. The fraction of sp³-hybridized carbons (Fsp3) is 0.333. The number of esters is 1. The van der Waals surface area contributed by atoms with Gasteiger partial charge in [-0.1, -0.05) is 6.58 Å². The van der Waals surface area contributed by atoms with E-state index in [0.29, 0.717) is 16.9 Å². The summed E-state index contributed by atoms with van der Waals surface area (Å²) < 4.78 is 4.81. The van der Waals surface area contributed by atoms with Crippen molar-refractivity contribution in [2.75, 3.05) is 12.4 Å². The van der Waals surface area contributed by atoms with E-state index in [1.165, 1.54) is 23.6 Å². The third-order valence-corrected chi connectivity index (χ3v) is 4.04. The molecule has 0 aliphatic carbocycles. The van der Waals surface area contributed by atoms with Crippen LogP contribution in [0.2, 0.25) is 0 Å². The van der Waals surface area contributed by atoms with Gasteiger partial charge in [-0.2, -0.15) is 0 Å². The molecule has 19 heavy (non-hydrogen) atoms. The zero-order chi connectivity index (χ0) is 14.2. The standard InChI is InChI=1S/C12H11NO5S/c1-3-8-10(15)13-9(12(16)17)7(4-18-6(2)14)5-19-11(8)13/h11H,1,4-5H2,2H3,(H,16,17)/t11-/m1/s1. The van der Waals surface area contributed by atoms with Crippen LogP contribution in [0, 0.1) is 0 Å². The number of fused-ring (bicyclic) bond motifs is 1. The molecular formula is C12H11NO5S. The van der Waals surface area contributed by atoms with E-state index < -0.39 is 17.8 Å². The molecule has 0 radical (unpaired) electrons. The van der Waals surface area contributed by atoms with Crippen LogP contribution in [0.4, 0.5) is 0 Å². The summed E-state index contributed by atoms with van der Waals surface area (Å²) in [4.78, 5) is 35.1. The molecule has 0 saturated carbocycles. The third-order valence-electron chi connectivity index (χ3n) is 2.76. The van der Waals surface area contributed by atoms with E-state index in [1.54, 1.807) is 0 Å². The summed E-state index contributed by atoms with van der Waals surface area (Å²) >= 11 is 1.38. The summed E-state index contributed by atoms with van der Waals surface area (Å²) in [5.41, 5.74) is 3.23. The highest BCUT2D eigenvalue weighted by Gasteiger charge is 2.49. The van der Waals surface area contributed by atoms with Gasteiger partial charge in [-0.25, -0.2) is 4.79 Å². The molecule has 1 fully saturated rings. The number of carbonyl (C=O) groups excluding carboxylic acids is 2. The molecule has 0 aromatic carbocycles. The van der Waals surface area contributed by atoms with Gasteiger partial charge in [-0.3, -0.25) is 14.5 Å². The van der Waals surface area contributed by atoms with Crippen LogP contribution in [0.25, 0.3) is 0 Å². The van der Waals surface area contributed by atoms with Gasteiger partial charge < -0.3 is 9.84 Å². The number of β-lactam (4-membered cyclic amide) rings is 1. The van der Waals surface area contributed by atoms with E-state index in [4.69, 9.17) is 4.74 Å². The lowest BCUT2D eigenvalue weighted by molar-refractivity contribution is -0.142. The molecule has 2 heterocycles. The van der Waals surface area contributed by atoms with E-state index in [2.05, 4.69) is 12.3 Å². The quantitative estimate of drug-likeness (QED) is 0.351. The molecule has 0 unspecified atom stereocenters. The maximum absolute atomic E-state index is 11.8. The number of aliphatic carboxylic acids is 1. The molecule has 100 valence electrons. The maximum Gasteiger partial charge on any atom is 0.352 e. The zero-order valence-electron chi connectivity index (χ0n) is 10.1. The van der Waals surface area contributed by atoms with Crippen LogP contribution in [0.3, 0.4) is 0 Å². The van der Waals surface area contributed by atoms with Gasteiger partial charge in [0.25, 0.3) is 5.91 Å². The van der Waals surface area contributed by atoms with E-state index in [0.717, 1.165) is 0 Å². The largest absolute Gasteiger partial charge is 0.477 e. The van der Waals surface area contributed by atoms with Gasteiger partial charge in [0.05, 0.1) is 5.57 Å². The molecule has 0 spiro atoms. The molecule has 2 aliphatic heterocycles. The molecule has 0 aromatic heterocycles. The predicted octanol–water partition coefficient (Wildman–Crippen LogP) is 0.515. The minimum absolute atomic E-state index is 0.103. The average Bonchev–Trinajstić information content (AvgIpc) is 2.35. The number of carbonyl (C=O) groups is 3. The monoisotopic (exact) mass is 281 g/mol. The van der Waals surface area contributed by atoms with Crippen molar-refractivity contribution in [3.63, 3.8) is 0 Å². The van der Waals surface area contributed by atoms with Crippen LogP contribution in [-0.4, -0.2) is 45.6 Å². The van der Waals surface area contributed by atoms with Crippen LogP contribution < -0.4 is 0 Å².